The summed E-state index contributed by atoms with van der Waals surface area (Å²) < 4.78 is 40.3. The second-order valence-corrected chi connectivity index (χ2v) is 7.38. The first-order valence-electron chi connectivity index (χ1n) is 9.83. The smallest absolute Gasteiger partial charge is 0.353 e. The zero-order chi connectivity index (χ0) is 22.0. The van der Waals surface area contributed by atoms with Crippen LogP contribution < -0.4 is 4.90 Å². The SMILES string of the molecule is Cc1ccn(-c2cc(N3CCN(C(=O)Cc4cccc(C(F)(F)F)c4)CC3)ncn2)n1. The standard InChI is InChI=1S/C21H21F3N6O/c1-15-5-6-30(27-15)19-13-18(25-14-26-19)28-7-9-29(10-8-28)20(31)12-16-3-2-4-17(11-16)21(22,23)24/h2-6,11,13-14H,7-10,12H2,1H3. The van der Waals surface area contributed by atoms with Crippen LogP contribution in [-0.2, 0) is 17.4 Å². The molecule has 162 valence electrons. The lowest BCUT2D eigenvalue weighted by Gasteiger charge is -2.35. The van der Waals surface area contributed by atoms with Crippen molar-refractivity contribution in [3.63, 3.8) is 0 Å². The Morgan fingerprint density at radius 2 is 1.77 bits per heavy atom. The molecule has 1 aliphatic heterocycles. The van der Waals surface area contributed by atoms with Crippen molar-refractivity contribution >= 4 is 11.7 Å². The molecule has 3 aromatic rings. The molecule has 1 aliphatic rings. The number of piperazine rings is 1. The lowest BCUT2D eigenvalue weighted by molar-refractivity contribution is -0.138. The third-order valence-electron chi connectivity index (χ3n) is 5.16. The van der Waals surface area contributed by atoms with Crippen LogP contribution in [0.2, 0.25) is 0 Å². The Morgan fingerprint density at radius 3 is 2.45 bits per heavy atom. The van der Waals surface area contributed by atoms with E-state index < -0.39 is 11.7 Å². The number of hydrogen-bond acceptors (Lipinski definition) is 5. The highest BCUT2D eigenvalue weighted by atomic mass is 19.4. The minimum atomic E-state index is -4.42. The summed E-state index contributed by atoms with van der Waals surface area (Å²) in [4.78, 5) is 24.9. The predicted octanol–water partition coefficient (Wildman–Crippen LogP) is 2.88. The third-order valence-corrected chi connectivity index (χ3v) is 5.16. The van der Waals surface area contributed by atoms with Crippen molar-refractivity contribution in [1.29, 1.82) is 0 Å². The van der Waals surface area contributed by atoms with Gasteiger partial charge in [-0.15, -0.1) is 0 Å². The summed E-state index contributed by atoms with van der Waals surface area (Å²) in [7, 11) is 0. The maximum Gasteiger partial charge on any atom is 0.416 e. The highest BCUT2D eigenvalue weighted by molar-refractivity contribution is 5.79. The first-order chi connectivity index (χ1) is 14.8. The molecule has 1 aromatic carbocycles. The number of aryl methyl sites for hydroxylation is 1. The fourth-order valence-electron chi connectivity index (χ4n) is 3.51. The Kier molecular flexibility index (Phi) is 5.62. The number of amides is 1. The number of benzene rings is 1. The van der Waals surface area contributed by atoms with Gasteiger partial charge in [0, 0.05) is 38.4 Å². The van der Waals surface area contributed by atoms with Crippen LogP contribution in [0.4, 0.5) is 19.0 Å². The monoisotopic (exact) mass is 430 g/mol. The van der Waals surface area contributed by atoms with E-state index in [0.29, 0.717) is 37.6 Å². The predicted molar refractivity (Wildman–Crippen MR) is 108 cm³/mol. The molecule has 2 aromatic heterocycles. The zero-order valence-corrected chi connectivity index (χ0v) is 16.9. The van der Waals surface area contributed by atoms with Crippen LogP contribution >= 0.6 is 0 Å². The van der Waals surface area contributed by atoms with E-state index >= 15 is 0 Å². The Balaban J connectivity index is 1.37. The van der Waals surface area contributed by atoms with Crippen LogP contribution in [0.25, 0.3) is 5.82 Å². The molecule has 31 heavy (non-hydrogen) atoms. The second-order valence-electron chi connectivity index (χ2n) is 7.38. The van der Waals surface area contributed by atoms with Crippen molar-refractivity contribution in [2.75, 3.05) is 31.1 Å². The third kappa shape index (κ3) is 4.84. The van der Waals surface area contributed by atoms with Crippen molar-refractivity contribution in [2.45, 2.75) is 19.5 Å². The van der Waals surface area contributed by atoms with Crippen molar-refractivity contribution in [2.24, 2.45) is 0 Å². The van der Waals surface area contributed by atoms with Crippen LogP contribution in [0.1, 0.15) is 16.8 Å². The first kappa shape index (κ1) is 20.8. The number of carbonyl (C=O) groups excluding carboxylic acids is 1. The summed E-state index contributed by atoms with van der Waals surface area (Å²) in [6, 6.07) is 8.64. The van der Waals surface area contributed by atoms with Crippen LogP contribution in [0.5, 0.6) is 0 Å². The van der Waals surface area contributed by atoms with E-state index in [2.05, 4.69) is 20.0 Å². The molecule has 0 bridgehead atoms. The van der Waals surface area contributed by atoms with Gasteiger partial charge in [0.1, 0.15) is 12.1 Å². The second kappa shape index (κ2) is 8.37. The summed E-state index contributed by atoms with van der Waals surface area (Å²) in [6.07, 6.45) is -1.17. The van der Waals surface area contributed by atoms with Gasteiger partial charge in [0.25, 0.3) is 0 Å². The van der Waals surface area contributed by atoms with Crippen LogP contribution in [0.3, 0.4) is 0 Å². The van der Waals surface area contributed by atoms with Gasteiger partial charge in [-0.2, -0.15) is 18.3 Å². The number of carbonyl (C=O) groups is 1. The molecule has 0 aliphatic carbocycles. The lowest BCUT2D eigenvalue weighted by Crippen LogP contribution is -2.49. The molecule has 4 rings (SSSR count). The molecule has 10 heteroatoms. The van der Waals surface area contributed by atoms with Crippen LogP contribution in [0.15, 0.2) is 48.9 Å². The van der Waals surface area contributed by atoms with Crippen LogP contribution in [-0.4, -0.2) is 56.7 Å². The number of nitrogens with zero attached hydrogens (tertiary/aromatic N) is 6. The number of halogens is 3. The average Bonchev–Trinajstić information content (AvgIpc) is 3.20. The van der Waals surface area contributed by atoms with E-state index in [9.17, 15) is 18.0 Å². The van der Waals surface area contributed by atoms with Gasteiger partial charge in [-0.05, 0) is 24.6 Å². The summed E-state index contributed by atoms with van der Waals surface area (Å²) in [6.45, 7) is 3.98. The molecule has 0 saturated carbocycles. The fraction of sp³-hybridized carbons (Fsp3) is 0.333. The van der Waals surface area contributed by atoms with E-state index in [1.807, 2.05) is 25.3 Å². The molecule has 7 nitrogen and oxygen atoms in total. The number of rotatable bonds is 4. The summed E-state index contributed by atoms with van der Waals surface area (Å²) >= 11 is 0. The van der Waals surface area contributed by atoms with Crippen LogP contribution in [0, 0.1) is 6.92 Å². The summed E-state index contributed by atoms with van der Waals surface area (Å²) in [5.74, 6) is 1.21. The zero-order valence-electron chi connectivity index (χ0n) is 16.9. The Bertz CT molecular complexity index is 1070. The molecule has 0 unspecified atom stereocenters. The van der Waals surface area contributed by atoms with Gasteiger partial charge in [-0.25, -0.2) is 14.6 Å². The summed E-state index contributed by atoms with van der Waals surface area (Å²) in [5, 5.41) is 4.35. The maximum atomic E-state index is 12.9. The number of alkyl halides is 3. The minimum Gasteiger partial charge on any atom is -0.353 e. The molecule has 0 N–H and O–H groups in total. The van der Waals surface area contributed by atoms with E-state index in [0.717, 1.165) is 23.6 Å². The molecule has 1 saturated heterocycles. The van der Waals surface area contributed by atoms with Crippen molar-refractivity contribution in [3.8, 4) is 5.82 Å². The lowest BCUT2D eigenvalue weighted by atomic mass is 10.1. The Morgan fingerprint density at radius 1 is 1.03 bits per heavy atom. The molecular formula is C21H21F3N6O. The maximum absolute atomic E-state index is 12.9. The van der Waals surface area contributed by atoms with E-state index in [1.165, 1.54) is 12.4 Å². The van der Waals surface area contributed by atoms with Gasteiger partial charge in [0.05, 0.1) is 17.7 Å². The van der Waals surface area contributed by atoms with E-state index in [4.69, 9.17) is 0 Å². The topological polar surface area (TPSA) is 67.2 Å². The van der Waals surface area contributed by atoms with Crippen molar-refractivity contribution in [1.82, 2.24) is 24.6 Å². The molecule has 1 fully saturated rings. The number of hydrogen-bond donors (Lipinski definition) is 0. The number of aromatic nitrogens is 4. The van der Waals surface area contributed by atoms with Gasteiger partial charge in [0.2, 0.25) is 5.91 Å². The van der Waals surface area contributed by atoms with Gasteiger partial charge in [0.15, 0.2) is 5.82 Å². The Hall–Kier alpha value is -3.43. The fourth-order valence-corrected chi connectivity index (χ4v) is 3.51. The van der Waals surface area contributed by atoms with Gasteiger partial charge in [-0.3, -0.25) is 4.79 Å². The minimum absolute atomic E-state index is 0.0553. The quantitative estimate of drug-likeness (QED) is 0.637. The average molecular weight is 430 g/mol. The summed E-state index contributed by atoms with van der Waals surface area (Å²) in [5.41, 5.74) is 0.500. The van der Waals surface area contributed by atoms with Crippen molar-refractivity contribution < 1.29 is 18.0 Å². The largest absolute Gasteiger partial charge is 0.416 e. The molecule has 3 heterocycles. The normalized spacial score (nSPS) is 14.7. The van der Waals surface area contributed by atoms with Gasteiger partial charge >= 0.3 is 6.18 Å². The van der Waals surface area contributed by atoms with Gasteiger partial charge < -0.3 is 9.80 Å². The molecule has 1 amide bonds. The molecule has 0 radical (unpaired) electrons. The highest BCUT2D eigenvalue weighted by Gasteiger charge is 2.30. The molecule has 0 atom stereocenters. The molecular weight excluding hydrogens is 409 g/mol. The highest BCUT2D eigenvalue weighted by Crippen LogP contribution is 2.29. The van der Waals surface area contributed by atoms with Gasteiger partial charge in [-0.1, -0.05) is 18.2 Å². The van der Waals surface area contributed by atoms with E-state index in [1.54, 1.807) is 15.6 Å². The number of anilines is 1. The van der Waals surface area contributed by atoms with Crippen molar-refractivity contribution in [3.05, 3.63) is 65.7 Å². The Labute approximate surface area is 177 Å². The molecule has 0 spiro atoms. The van der Waals surface area contributed by atoms with E-state index in [-0.39, 0.29) is 12.3 Å². The first-order valence-corrected chi connectivity index (χ1v) is 9.83.